The first-order chi connectivity index (χ1) is 10.3. The zero-order valence-corrected chi connectivity index (χ0v) is 14.9. The number of methoxy groups -OCH3 is 1. The van der Waals surface area contributed by atoms with Gasteiger partial charge in [0, 0.05) is 18.3 Å². The predicted molar refractivity (Wildman–Crippen MR) is 87.8 cm³/mol. The van der Waals surface area contributed by atoms with Gasteiger partial charge in [-0.25, -0.2) is 9.78 Å². The van der Waals surface area contributed by atoms with Crippen LogP contribution in [0.3, 0.4) is 0 Å². The molecule has 0 saturated heterocycles. The Bertz CT molecular complexity index is 497. The monoisotopic (exact) mass is 326 g/mol. The summed E-state index contributed by atoms with van der Waals surface area (Å²) >= 11 is 1.39. The minimum atomic E-state index is -0.440. The van der Waals surface area contributed by atoms with Gasteiger partial charge in [-0.2, -0.15) is 0 Å². The van der Waals surface area contributed by atoms with Crippen molar-refractivity contribution in [2.75, 3.05) is 13.7 Å². The van der Waals surface area contributed by atoms with Gasteiger partial charge in [-0.05, 0) is 18.3 Å². The fourth-order valence-corrected chi connectivity index (χ4v) is 2.71. The SMILES string of the molecule is COC(=O)c1csc(CN(CCC(C)C)C(=O)CC(C)C)n1. The minimum absolute atomic E-state index is 0.144. The highest BCUT2D eigenvalue weighted by Gasteiger charge is 2.18. The molecule has 0 atom stereocenters. The molecule has 22 heavy (non-hydrogen) atoms. The topological polar surface area (TPSA) is 59.5 Å². The van der Waals surface area contributed by atoms with Gasteiger partial charge in [0.15, 0.2) is 5.69 Å². The van der Waals surface area contributed by atoms with Crippen molar-refractivity contribution in [3.8, 4) is 0 Å². The number of esters is 1. The zero-order chi connectivity index (χ0) is 16.7. The Morgan fingerprint density at radius 3 is 2.50 bits per heavy atom. The second kappa shape index (κ2) is 8.88. The quantitative estimate of drug-likeness (QED) is 0.687. The van der Waals surface area contributed by atoms with Crippen molar-refractivity contribution in [2.45, 2.75) is 47.1 Å². The van der Waals surface area contributed by atoms with Gasteiger partial charge in [-0.15, -0.1) is 11.3 Å². The molecule has 1 aromatic rings. The molecule has 6 heteroatoms. The Balaban J connectivity index is 2.76. The highest BCUT2D eigenvalue weighted by Crippen LogP contribution is 2.16. The molecule has 0 aliphatic carbocycles. The number of hydrogen-bond acceptors (Lipinski definition) is 5. The standard InChI is InChI=1S/C16H26N2O3S/c1-11(2)6-7-18(15(19)8-12(3)4)9-14-17-13(10-22-14)16(20)21-5/h10-12H,6-9H2,1-5H3. The van der Waals surface area contributed by atoms with Gasteiger partial charge >= 0.3 is 5.97 Å². The van der Waals surface area contributed by atoms with Crippen molar-refractivity contribution in [3.63, 3.8) is 0 Å². The number of carbonyl (C=O) groups is 2. The average molecular weight is 326 g/mol. The Kier molecular flexibility index (Phi) is 7.51. The van der Waals surface area contributed by atoms with Gasteiger partial charge in [0.05, 0.1) is 13.7 Å². The maximum Gasteiger partial charge on any atom is 0.357 e. The van der Waals surface area contributed by atoms with E-state index in [9.17, 15) is 9.59 Å². The molecule has 0 spiro atoms. The minimum Gasteiger partial charge on any atom is -0.464 e. The molecule has 124 valence electrons. The van der Waals surface area contributed by atoms with Gasteiger partial charge in [0.2, 0.25) is 5.91 Å². The van der Waals surface area contributed by atoms with Crippen LogP contribution in [0, 0.1) is 11.8 Å². The van der Waals surface area contributed by atoms with E-state index in [1.54, 1.807) is 5.38 Å². The van der Waals surface area contributed by atoms with Crippen molar-refractivity contribution in [3.05, 3.63) is 16.1 Å². The third-order valence-corrected chi connectivity index (χ3v) is 4.02. The van der Waals surface area contributed by atoms with Gasteiger partial charge in [0.1, 0.15) is 5.01 Å². The van der Waals surface area contributed by atoms with Crippen LogP contribution in [-0.2, 0) is 16.1 Å². The van der Waals surface area contributed by atoms with Crippen molar-refractivity contribution < 1.29 is 14.3 Å². The number of nitrogens with zero attached hydrogens (tertiary/aromatic N) is 2. The zero-order valence-electron chi connectivity index (χ0n) is 14.1. The molecule has 0 radical (unpaired) electrons. The Morgan fingerprint density at radius 2 is 1.95 bits per heavy atom. The first-order valence-corrected chi connectivity index (χ1v) is 8.52. The van der Waals surface area contributed by atoms with Gasteiger partial charge in [0.25, 0.3) is 0 Å². The molecular weight excluding hydrogens is 300 g/mol. The fraction of sp³-hybridized carbons (Fsp3) is 0.688. The van der Waals surface area contributed by atoms with Crippen LogP contribution in [0.5, 0.6) is 0 Å². The normalized spacial score (nSPS) is 11.0. The van der Waals surface area contributed by atoms with Crippen LogP contribution in [0.2, 0.25) is 0 Å². The van der Waals surface area contributed by atoms with Crippen LogP contribution < -0.4 is 0 Å². The molecular formula is C16H26N2O3S. The van der Waals surface area contributed by atoms with Gasteiger partial charge < -0.3 is 9.64 Å². The molecule has 0 aromatic carbocycles. The van der Waals surface area contributed by atoms with Crippen molar-refractivity contribution in [1.29, 1.82) is 0 Å². The van der Waals surface area contributed by atoms with E-state index in [4.69, 9.17) is 0 Å². The van der Waals surface area contributed by atoms with Gasteiger partial charge in [-0.1, -0.05) is 27.7 Å². The first kappa shape index (κ1) is 18.6. The third kappa shape index (κ3) is 6.13. The maximum absolute atomic E-state index is 12.4. The molecule has 1 rings (SSSR count). The second-order valence-electron chi connectivity index (χ2n) is 6.21. The van der Waals surface area contributed by atoms with E-state index >= 15 is 0 Å². The molecule has 0 unspecified atom stereocenters. The second-order valence-corrected chi connectivity index (χ2v) is 7.16. The van der Waals surface area contributed by atoms with E-state index in [0.29, 0.717) is 30.5 Å². The van der Waals surface area contributed by atoms with E-state index in [1.807, 2.05) is 18.7 Å². The summed E-state index contributed by atoms with van der Waals surface area (Å²) in [5.74, 6) is 0.572. The van der Waals surface area contributed by atoms with Crippen LogP contribution in [0.15, 0.2) is 5.38 Å². The lowest BCUT2D eigenvalue weighted by atomic mass is 10.1. The summed E-state index contributed by atoms with van der Waals surface area (Å²) in [5.41, 5.74) is 0.308. The van der Waals surface area contributed by atoms with Crippen molar-refractivity contribution in [2.24, 2.45) is 11.8 Å². The summed E-state index contributed by atoms with van der Waals surface area (Å²) in [5, 5.41) is 2.44. The van der Waals surface area contributed by atoms with E-state index < -0.39 is 5.97 Å². The fourth-order valence-electron chi connectivity index (χ4n) is 1.93. The molecule has 0 fully saturated rings. The van der Waals surface area contributed by atoms with E-state index in [1.165, 1.54) is 18.4 Å². The van der Waals surface area contributed by atoms with Gasteiger partial charge in [-0.3, -0.25) is 4.79 Å². The first-order valence-electron chi connectivity index (χ1n) is 7.64. The molecule has 0 saturated carbocycles. The van der Waals surface area contributed by atoms with Crippen LogP contribution in [-0.4, -0.2) is 35.4 Å². The smallest absolute Gasteiger partial charge is 0.357 e. The number of amides is 1. The highest BCUT2D eigenvalue weighted by atomic mass is 32.1. The van der Waals surface area contributed by atoms with E-state index in [0.717, 1.165) is 18.0 Å². The number of hydrogen-bond donors (Lipinski definition) is 0. The summed E-state index contributed by atoms with van der Waals surface area (Å²) in [6, 6.07) is 0. The number of thiazole rings is 1. The summed E-state index contributed by atoms with van der Waals surface area (Å²) in [6.07, 6.45) is 1.49. The molecule has 1 amide bonds. The molecule has 5 nitrogen and oxygen atoms in total. The summed E-state index contributed by atoms with van der Waals surface area (Å²) in [4.78, 5) is 29.9. The molecule has 0 bridgehead atoms. The molecule has 1 aromatic heterocycles. The predicted octanol–water partition coefficient (Wildman–Crippen LogP) is 3.35. The average Bonchev–Trinajstić information content (AvgIpc) is 2.90. The summed E-state index contributed by atoms with van der Waals surface area (Å²) < 4.78 is 4.66. The lowest BCUT2D eigenvalue weighted by molar-refractivity contribution is -0.132. The molecule has 0 aliphatic heterocycles. The lowest BCUT2D eigenvalue weighted by Gasteiger charge is -2.23. The highest BCUT2D eigenvalue weighted by molar-refractivity contribution is 7.09. The largest absolute Gasteiger partial charge is 0.464 e. The number of aromatic nitrogens is 1. The summed E-state index contributed by atoms with van der Waals surface area (Å²) in [6.45, 7) is 9.54. The Morgan fingerprint density at radius 1 is 1.27 bits per heavy atom. The van der Waals surface area contributed by atoms with Crippen LogP contribution in [0.4, 0.5) is 0 Å². The molecule has 0 aliphatic rings. The van der Waals surface area contributed by atoms with Crippen molar-refractivity contribution in [1.82, 2.24) is 9.88 Å². The molecule has 1 heterocycles. The number of ether oxygens (including phenoxy) is 1. The Labute approximate surface area is 136 Å². The Hall–Kier alpha value is -1.43. The van der Waals surface area contributed by atoms with E-state index in [-0.39, 0.29) is 5.91 Å². The summed E-state index contributed by atoms with van der Waals surface area (Å²) in [7, 11) is 1.34. The number of carbonyl (C=O) groups excluding carboxylic acids is 2. The van der Waals surface area contributed by atoms with Crippen LogP contribution in [0.25, 0.3) is 0 Å². The van der Waals surface area contributed by atoms with Crippen LogP contribution >= 0.6 is 11.3 Å². The van der Waals surface area contributed by atoms with Crippen LogP contribution in [0.1, 0.15) is 56.0 Å². The van der Waals surface area contributed by atoms with E-state index in [2.05, 4.69) is 23.6 Å². The van der Waals surface area contributed by atoms with Crippen molar-refractivity contribution >= 4 is 23.2 Å². The third-order valence-electron chi connectivity index (χ3n) is 3.18. The number of rotatable bonds is 8. The molecule has 0 N–H and O–H groups in total. The maximum atomic E-state index is 12.4. The lowest BCUT2D eigenvalue weighted by Crippen LogP contribution is -2.32.